The van der Waals surface area contributed by atoms with Crippen molar-refractivity contribution in [3.05, 3.63) is 18.2 Å². The highest BCUT2D eigenvalue weighted by Gasteiger charge is 2.33. The largest absolute Gasteiger partial charge is 0.480 e. The van der Waals surface area contributed by atoms with E-state index in [1.165, 1.54) is 6.33 Å². The summed E-state index contributed by atoms with van der Waals surface area (Å²) in [6.07, 6.45) is 7.07. The topological polar surface area (TPSA) is 121 Å². The lowest BCUT2D eigenvalue weighted by Gasteiger charge is -2.23. The van der Waals surface area contributed by atoms with Crippen molar-refractivity contribution in [1.29, 1.82) is 0 Å². The van der Waals surface area contributed by atoms with E-state index in [1.807, 2.05) is 0 Å². The Hall–Kier alpha value is -1.89. The zero-order valence-corrected chi connectivity index (χ0v) is 11.3. The van der Waals surface area contributed by atoms with E-state index in [9.17, 15) is 9.59 Å². The van der Waals surface area contributed by atoms with Gasteiger partial charge in [0, 0.05) is 30.3 Å². The predicted molar refractivity (Wildman–Crippen MR) is 71.9 cm³/mol. The number of carbonyl (C=O) groups is 2. The molecule has 1 saturated carbocycles. The molecule has 0 radical (unpaired) electrons. The Morgan fingerprint density at radius 1 is 1.50 bits per heavy atom. The molecule has 1 aromatic rings. The van der Waals surface area contributed by atoms with Crippen molar-refractivity contribution in [2.75, 3.05) is 0 Å². The van der Waals surface area contributed by atoms with Crippen LogP contribution in [0.25, 0.3) is 0 Å². The molecule has 20 heavy (non-hydrogen) atoms. The predicted octanol–water partition coefficient (Wildman–Crippen LogP) is 0.183. The monoisotopic (exact) mass is 280 g/mol. The van der Waals surface area contributed by atoms with E-state index >= 15 is 0 Å². The summed E-state index contributed by atoms with van der Waals surface area (Å²) in [5.41, 5.74) is 6.32. The van der Waals surface area contributed by atoms with Crippen molar-refractivity contribution in [3.8, 4) is 0 Å². The molecule has 5 N–H and O–H groups in total. The second kappa shape index (κ2) is 6.04. The summed E-state index contributed by atoms with van der Waals surface area (Å²) in [5, 5.41) is 11.7. The van der Waals surface area contributed by atoms with Crippen LogP contribution in [0, 0.1) is 0 Å². The smallest absolute Gasteiger partial charge is 0.326 e. The van der Waals surface area contributed by atoms with Gasteiger partial charge in [0.15, 0.2) is 0 Å². The van der Waals surface area contributed by atoms with Gasteiger partial charge in [-0.2, -0.15) is 0 Å². The third kappa shape index (κ3) is 3.80. The minimum atomic E-state index is -1.06. The quantitative estimate of drug-likeness (QED) is 0.592. The van der Waals surface area contributed by atoms with Crippen LogP contribution in [-0.4, -0.2) is 38.5 Å². The summed E-state index contributed by atoms with van der Waals surface area (Å²) in [6, 6.07) is -0.965. The number of nitrogens with zero attached hydrogens (tertiary/aromatic N) is 1. The van der Waals surface area contributed by atoms with Gasteiger partial charge in [0.1, 0.15) is 6.04 Å². The van der Waals surface area contributed by atoms with Crippen LogP contribution in [0.3, 0.4) is 0 Å². The van der Waals surface area contributed by atoms with Gasteiger partial charge in [0.2, 0.25) is 5.91 Å². The molecule has 0 bridgehead atoms. The zero-order chi connectivity index (χ0) is 14.6. The minimum Gasteiger partial charge on any atom is -0.480 e. The molecular formula is C13H20N4O3. The number of carboxylic acids is 1. The Kier molecular flexibility index (Phi) is 4.39. The Morgan fingerprint density at radius 3 is 2.75 bits per heavy atom. The summed E-state index contributed by atoms with van der Waals surface area (Å²) in [4.78, 5) is 29.8. The number of rotatable bonds is 6. The number of nitrogens with two attached hydrogens (primary N) is 1. The second-order valence-electron chi connectivity index (χ2n) is 5.49. The highest BCUT2D eigenvalue weighted by molar-refractivity contribution is 5.84. The summed E-state index contributed by atoms with van der Waals surface area (Å²) >= 11 is 0. The molecule has 0 spiro atoms. The molecule has 1 aliphatic rings. The van der Waals surface area contributed by atoms with Crippen LogP contribution in [0.1, 0.15) is 37.8 Å². The first-order valence-electron chi connectivity index (χ1n) is 6.77. The van der Waals surface area contributed by atoms with Crippen LogP contribution >= 0.6 is 0 Å². The normalized spacial score (nSPS) is 18.6. The molecule has 1 amide bonds. The molecule has 110 valence electrons. The number of imidazole rings is 1. The van der Waals surface area contributed by atoms with Gasteiger partial charge < -0.3 is 21.1 Å². The third-order valence-electron chi connectivity index (χ3n) is 3.72. The molecule has 7 heteroatoms. The minimum absolute atomic E-state index is 0.179. The summed E-state index contributed by atoms with van der Waals surface area (Å²) in [7, 11) is 0. The maximum absolute atomic E-state index is 12.0. The van der Waals surface area contributed by atoms with Crippen LogP contribution in [0.15, 0.2) is 12.5 Å². The molecule has 0 aliphatic heterocycles. The summed E-state index contributed by atoms with van der Waals surface area (Å²) in [6.45, 7) is 0. The number of aromatic nitrogens is 2. The number of H-pyrrole nitrogens is 1. The molecule has 1 fully saturated rings. The molecule has 0 saturated heterocycles. The van der Waals surface area contributed by atoms with Gasteiger partial charge >= 0.3 is 5.97 Å². The Morgan fingerprint density at radius 2 is 2.20 bits per heavy atom. The average Bonchev–Trinajstić information content (AvgIpc) is 3.00. The number of nitrogens with one attached hydrogen (secondary N) is 2. The number of hydrogen-bond donors (Lipinski definition) is 4. The lowest BCUT2D eigenvalue weighted by Crippen LogP contribution is -2.47. The number of aromatic amines is 1. The van der Waals surface area contributed by atoms with E-state index in [0.717, 1.165) is 25.7 Å². The lowest BCUT2D eigenvalue weighted by molar-refractivity contribution is -0.142. The van der Waals surface area contributed by atoms with Crippen LogP contribution in [0.5, 0.6) is 0 Å². The van der Waals surface area contributed by atoms with Crippen LogP contribution < -0.4 is 11.1 Å². The van der Waals surface area contributed by atoms with Crippen molar-refractivity contribution >= 4 is 11.9 Å². The first-order valence-corrected chi connectivity index (χ1v) is 6.77. The van der Waals surface area contributed by atoms with E-state index < -0.39 is 17.6 Å². The Balaban J connectivity index is 1.90. The van der Waals surface area contributed by atoms with E-state index in [0.29, 0.717) is 5.69 Å². The van der Waals surface area contributed by atoms with Crippen LogP contribution in [0.4, 0.5) is 0 Å². The molecule has 1 heterocycles. The van der Waals surface area contributed by atoms with Crippen molar-refractivity contribution in [2.45, 2.75) is 50.1 Å². The van der Waals surface area contributed by atoms with Gasteiger partial charge in [-0.3, -0.25) is 4.79 Å². The van der Waals surface area contributed by atoms with Gasteiger partial charge in [-0.1, -0.05) is 12.8 Å². The van der Waals surface area contributed by atoms with Crippen LogP contribution in [0.2, 0.25) is 0 Å². The summed E-state index contributed by atoms with van der Waals surface area (Å²) < 4.78 is 0. The lowest BCUT2D eigenvalue weighted by atomic mass is 9.94. The Bertz CT molecular complexity index is 466. The maximum Gasteiger partial charge on any atom is 0.326 e. The standard InChI is InChI=1S/C13H20N4O3/c14-13(3-1-2-4-13)6-11(18)17-10(12(19)20)5-9-7-15-8-16-9/h7-8,10H,1-6,14H2,(H,15,16)(H,17,18)(H,19,20)/t10-/m0/s1. The van der Waals surface area contributed by atoms with Gasteiger partial charge in [0.25, 0.3) is 0 Å². The average molecular weight is 280 g/mol. The SMILES string of the molecule is NC1(CC(=O)N[C@@H](Cc2cnc[nH]2)C(=O)O)CCCC1. The number of carbonyl (C=O) groups excluding carboxylic acids is 1. The van der Waals surface area contributed by atoms with Crippen molar-refractivity contribution in [1.82, 2.24) is 15.3 Å². The van der Waals surface area contributed by atoms with Crippen molar-refractivity contribution in [3.63, 3.8) is 0 Å². The second-order valence-corrected chi connectivity index (χ2v) is 5.49. The molecule has 1 aromatic heterocycles. The molecular weight excluding hydrogens is 260 g/mol. The van der Waals surface area contributed by atoms with Gasteiger partial charge in [-0.05, 0) is 12.8 Å². The van der Waals surface area contributed by atoms with Crippen LogP contribution in [-0.2, 0) is 16.0 Å². The maximum atomic E-state index is 12.0. The molecule has 7 nitrogen and oxygen atoms in total. The van der Waals surface area contributed by atoms with E-state index in [-0.39, 0.29) is 18.7 Å². The third-order valence-corrected chi connectivity index (χ3v) is 3.72. The number of carboxylic acid groups (broad SMARTS) is 1. The first-order chi connectivity index (χ1) is 9.48. The Labute approximate surface area is 117 Å². The van der Waals surface area contributed by atoms with Gasteiger partial charge in [-0.25, -0.2) is 9.78 Å². The summed E-state index contributed by atoms with van der Waals surface area (Å²) in [5.74, 6) is -1.37. The highest BCUT2D eigenvalue weighted by atomic mass is 16.4. The first kappa shape index (κ1) is 14.5. The fraction of sp³-hybridized carbons (Fsp3) is 0.615. The number of hydrogen-bond acceptors (Lipinski definition) is 4. The zero-order valence-electron chi connectivity index (χ0n) is 11.3. The highest BCUT2D eigenvalue weighted by Crippen LogP contribution is 2.29. The number of aliphatic carboxylic acids is 1. The molecule has 1 aliphatic carbocycles. The molecule has 0 unspecified atom stereocenters. The van der Waals surface area contributed by atoms with Crippen molar-refractivity contribution < 1.29 is 14.7 Å². The molecule has 2 rings (SSSR count). The fourth-order valence-electron chi connectivity index (χ4n) is 2.64. The van der Waals surface area contributed by atoms with E-state index in [2.05, 4.69) is 15.3 Å². The molecule has 0 aromatic carbocycles. The van der Waals surface area contributed by atoms with E-state index in [4.69, 9.17) is 10.8 Å². The van der Waals surface area contributed by atoms with E-state index in [1.54, 1.807) is 6.20 Å². The van der Waals surface area contributed by atoms with Crippen molar-refractivity contribution in [2.24, 2.45) is 5.73 Å². The van der Waals surface area contributed by atoms with Gasteiger partial charge in [0.05, 0.1) is 6.33 Å². The molecule has 1 atom stereocenters. The number of amides is 1. The fourth-order valence-corrected chi connectivity index (χ4v) is 2.64. The van der Waals surface area contributed by atoms with Gasteiger partial charge in [-0.15, -0.1) is 0 Å².